The molecule has 0 atom stereocenters. The van der Waals surface area contributed by atoms with Crippen LogP contribution < -0.4 is 10.6 Å². The highest BCUT2D eigenvalue weighted by atomic mass is 35.5. The summed E-state index contributed by atoms with van der Waals surface area (Å²) in [5.41, 5.74) is 6.14. The lowest BCUT2D eigenvalue weighted by Gasteiger charge is -2.20. The van der Waals surface area contributed by atoms with Gasteiger partial charge >= 0.3 is 0 Å². The van der Waals surface area contributed by atoms with Crippen molar-refractivity contribution in [3.8, 4) is 0 Å². The first-order valence-electron chi connectivity index (χ1n) is 4.12. The predicted octanol–water partition coefficient (Wildman–Crippen LogP) is 2.71. The minimum Gasteiger partial charge on any atom is -0.370 e. The van der Waals surface area contributed by atoms with Crippen LogP contribution in [0.1, 0.15) is 6.92 Å². The second kappa shape index (κ2) is 4.53. The van der Waals surface area contributed by atoms with E-state index in [4.69, 9.17) is 34.3 Å². The number of anilines is 1. The second-order valence-corrected chi connectivity index (χ2v) is 3.63. The standard InChI is InChI=1S/C9H11Cl2N3/c1-2-14(9(12)13)8-4-6(10)3-7(11)5-8/h3-5H,2H2,1H3,(H3,12,13). The van der Waals surface area contributed by atoms with Gasteiger partial charge in [-0.2, -0.15) is 0 Å². The number of halogens is 2. The fraction of sp³-hybridized carbons (Fsp3) is 0.222. The minimum absolute atomic E-state index is 0.0224. The van der Waals surface area contributed by atoms with E-state index in [1.807, 2.05) is 6.92 Å². The van der Waals surface area contributed by atoms with Crippen LogP contribution in [-0.4, -0.2) is 12.5 Å². The molecule has 0 amide bonds. The van der Waals surface area contributed by atoms with Crippen LogP contribution in [-0.2, 0) is 0 Å². The highest BCUT2D eigenvalue weighted by molar-refractivity contribution is 6.35. The average molecular weight is 232 g/mol. The Morgan fingerprint density at radius 3 is 2.21 bits per heavy atom. The first kappa shape index (κ1) is 11.1. The van der Waals surface area contributed by atoms with Crippen LogP contribution in [0.2, 0.25) is 10.0 Å². The summed E-state index contributed by atoms with van der Waals surface area (Å²) in [6.45, 7) is 2.50. The molecule has 0 aliphatic carbocycles. The molecule has 0 heterocycles. The molecule has 1 rings (SSSR count). The first-order valence-corrected chi connectivity index (χ1v) is 4.88. The van der Waals surface area contributed by atoms with Crippen LogP contribution in [0.15, 0.2) is 18.2 Å². The third kappa shape index (κ3) is 2.53. The van der Waals surface area contributed by atoms with Gasteiger partial charge in [0.05, 0.1) is 0 Å². The lowest BCUT2D eigenvalue weighted by molar-refractivity contribution is 1.03. The van der Waals surface area contributed by atoms with Crippen molar-refractivity contribution in [1.82, 2.24) is 0 Å². The highest BCUT2D eigenvalue weighted by Crippen LogP contribution is 2.25. The highest BCUT2D eigenvalue weighted by Gasteiger charge is 2.08. The molecular weight excluding hydrogens is 221 g/mol. The van der Waals surface area contributed by atoms with Gasteiger partial charge in [0.1, 0.15) is 0 Å². The maximum absolute atomic E-state index is 7.35. The Morgan fingerprint density at radius 1 is 1.36 bits per heavy atom. The molecule has 14 heavy (non-hydrogen) atoms. The predicted molar refractivity (Wildman–Crippen MR) is 61.4 cm³/mol. The lowest BCUT2D eigenvalue weighted by Crippen LogP contribution is -2.36. The lowest BCUT2D eigenvalue weighted by atomic mass is 10.3. The smallest absolute Gasteiger partial charge is 0.192 e. The van der Waals surface area contributed by atoms with Crippen LogP contribution >= 0.6 is 23.2 Å². The maximum atomic E-state index is 7.35. The molecule has 1 aromatic rings. The Kier molecular flexibility index (Phi) is 3.61. The summed E-state index contributed by atoms with van der Waals surface area (Å²) in [6.07, 6.45) is 0. The van der Waals surface area contributed by atoms with Crippen molar-refractivity contribution in [2.75, 3.05) is 11.4 Å². The number of hydrogen-bond acceptors (Lipinski definition) is 1. The first-order chi connectivity index (χ1) is 6.54. The van der Waals surface area contributed by atoms with Gasteiger partial charge in [0, 0.05) is 22.3 Å². The van der Waals surface area contributed by atoms with Crippen LogP contribution in [0.4, 0.5) is 5.69 Å². The number of benzene rings is 1. The van der Waals surface area contributed by atoms with Crippen molar-refractivity contribution < 1.29 is 0 Å². The summed E-state index contributed by atoms with van der Waals surface area (Å²) in [6, 6.07) is 5.08. The Balaban J connectivity index is 3.10. The molecule has 0 spiro atoms. The zero-order valence-electron chi connectivity index (χ0n) is 7.72. The SMILES string of the molecule is CCN(C(=N)N)c1cc(Cl)cc(Cl)c1. The van der Waals surface area contributed by atoms with E-state index in [0.717, 1.165) is 5.69 Å². The van der Waals surface area contributed by atoms with E-state index in [1.165, 1.54) is 0 Å². The molecule has 0 saturated heterocycles. The number of hydrogen-bond donors (Lipinski definition) is 2. The largest absolute Gasteiger partial charge is 0.370 e. The number of rotatable bonds is 2. The molecule has 1 aromatic carbocycles. The normalized spacial score (nSPS) is 9.93. The van der Waals surface area contributed by atoms with Crippen molar-refractivity contribution >= 4 is 34.8 Å². The third-order valence-electron chi connectivity index (χ3n) is 1.77. The van der Waals surface area contributed by atoms with Gasteiger partial charge in [-0.25, -0.2) is 0 Å². The van der Waals surface area contributed by atoms with E-state index < -0.39 is 0 Å². The Bertz CT molecular complexity index is 332. The number of nitrogens with two attached hydrogens (primary N) is 1. The summed E-state index contributed by atoms with van der Waals surface area (Å²) in [4.78, 5) is 1.61. The molecule has 5 heteroatoms. The van der Waals surface area contributed by atoms with Crippen molar-refractivity contribution in [3.05, 3.63) is 28.2 Å². The van der Waals surface area contributed by atoms with Gasteiger partial charge < -0.3 is 10.6 Å². The third-order valence-corrected chi connectivity index (χ3v) is 2.20. The molecule has 0 aliphatic rings. The molecule has 76 valence electrons. The van der Waals surface area contributed by atoms with Gasteiger partial charge in [0.15, 0.2) is 5.96 Å². The van der Waals surface area contributed by atoms with Gasteiger partial charge in [-0.1, -0.05) is 23.2 Å². The van der Waals surface area contributed by atoms with Crippen LogP contribution in [0, 0.1) is 5.41 Å². The zero-order chi connectivity index (χ0) is 10.7. The zero-order valence-corrected chi connectivity index (χ0v) is 9.23. The van der Waals surface area contributed by atoms with E-state index in [9.17, 15) is 0 Å². The fourth-order valence-electron chi connectivity index (χ4n) is 1.19. The van der Waals surface area contributed by atoms with E-state index in [2.05, 4.69) is 0 Å². The summed E-state index contributed by atoms with van der Waals surface area (Å²) in [5.74, 6) is -0.0224. The molecule has 0 bridgehead atoms. The molecule has 3 N–H and O–H groups in total. The Labute approximate surface area is 92.9 Å². The monoisotopic (exact) mass is 231 g/mol. The second-order valence-electron chi connectivity index (χ2n) is 2.76. The van der Waals surface area contributed by atoms with E-state index in [1.54, 1.807) is 23.1 Å². The average Bonchev–Trinajstić information content (AvgIpc) is 2.02. The van der Waals surface area contributed by atoms with E-state index in [0.29, 0.717) is 16.6 Å². The molecule has 0 saturated carbocycles. The van der Waals surface area contributed by atoms with Gasteiger partial charge in [-0.05, 0) is 25.1 Å². The molecule has 0 fully saturated rings. The fourth-order valence-corrected chi connectivity index (χ4v) is 1.70. The minimum atomic E-state index is -0.0224. The van der Waals surface area contributed by atoms with E-state index >= 15 is 0 Å². The summed E-state index contributed by atoms with van der Waals surface area (Å²) in [5, 5.41) is 8.42. The topological polar surface area (TPSA) is 53.1 Å². The summed E-state index contributed by atoms with van der Waals surface area (Å²) < 4.78 is 0. The molecular formula is C9H11Cl2N3. The Hall–Kier alpha value is -0.930. The van der Waals surface area contributed by atoms with Gasteiger partial charge in [-0.15, -0.1) is 0 Å². The quantitative estimate of drug-likeness (QED) is 0.608. The van der Waals surface area contributed by atoms with Crippen LogP contribution in [0.5, 0.6) is 0 Å². The van der Waals surface area contributed by atoms with Gasteiger partial charge in [0.25, 0.3) is 0 Å². The molecule has 0 unspecified atom stereocenters. The Morgan fingerprint density at radius 2 is 1.86 bits per heavy atom. The molecule has 0 aromatic heterocycles. The maximum Gasteiger partial charge on any atom is 0.192 e. The van der Waals surface area contributed by atoms with Gasteiger partial charge in [0.2, 0.25) is 0 Å². The van der Waals surface area contributed by atoms with Crippen LogP contribution in [0.25, 0.3) is 0 Å². The van der Waals surface area contributed by atoms with Crippen molar-refractivity contribution in [3.63, 3.8) is 0 Å². The summed E-state index contributed by atoms with van der Waals surface area (Å²) >= 11 is 11.7. The molecule has 0 radical (unpaired) electrons. The number of nitrogens with zero attached hydrogens (tertiary/aromatic N) is 1. The van der Waals surface area contributed by atoms with Crippen molar-refractivity contribution in [2.24, 2.45) is 5.73 Å². The number of guanidine groups is 1. The van der Waals surface area contributed by atoms with Crippen molar-refractivity contribution in [2.45, 2.75) is 6.92 Å². The molecule has 0 aliphatic heterocycles. The number of nitrogens with one attached hydrogen (secondary N) is 1. The summed E-state index contributed by atoms with van der Waals surface area (Å²) in [7, 11) is 0. The van der Waals surface area contributed by atoms with Crippen LogP contribution in [0.3, 0.4) is 0 Å². The molecule has 3 nitrogen and oxygen atoms in total. The van der Waals surface area contributed by atoms with E-state index in [-0.39, 0.29) is 5.96 Å². The van der Waals surface area contributed by atoms with Gasteiger partial charge in [-0.3, -0.25) is 5.41 Å². The van der Waals surface area contributed by atoms with Crippen molar-refractivity contribution in [1.29, 1.82) is 5.41 Å².